The Bertz CT molecular complexity index is 645. The molecule has 0 atom stereocenters. The van der Waals surface area contributed by atoms with Crippen LogP contribution in [0.3, 0.4) is 0 Å². The summed E-state index contributed by atoms with van der Waals surface area (Å²) in [5, 5.41) is 3.00. The van der Waals surface area contributed by atoms with Gasteiger partial charge in [-0.05, 0) is 38.1 Å². The minimum Gasteiger partial charge on any atom is -0.324 e. The molecule has 2 rings (SSSR count). The Morgan fingerprint density at radius 1 is 0.960 bits per heavy atom. The fraction of sp³-hybridized carbons (Fsp3) is 0.333. The van der Waals surface area contributed by atoms with Gasteiger partial charge in [-0.3, -0.25) is 14.5 Å². The van der Waals surface area contributed by atoms with Gasteiger partial charge in [0.25, 0.3) is 0 Å². The number of likely N-dealkylation sites (N-methyl/N-ethyl adjacent to an activating group) is 1. The number of carbonyl (C=O) groups is 2. The predicted molar refractivity (Wildman–Crippen MR) is 104 cm³/mol. The molecule has 0 aliphatic heterocycles. The number of nitrogens with zero attached hydrogens (tertiary/aromatic N) is 1. The van der Waals surface area contributed by atoms with Crippen LogP contribution in [-0.2, 0) is 4.79 Å². The normalized spacial score (nSPS) is 9.96. The topological polar surface area (TPSA) is 49.4 Å². The summed E-state index contributed by atoms with van der Waals surface area (Å²) in [7, 11) is 0. The van der Waals surface area contributed by atoms with E-state index in [1.165, 1.54) is 0 Å². The van der Waals surface area contributed by atoms with Crippen LogP contribution in [0.15, 0.2) is 48.5 Å². The summed E-state index contributed by atoms with van der Waals surface area (Å²) in [4.78, 5) is 24.0. The average Bonchev–Trinajstić information content (AvgIpc) is 2.64. The first-order chi connectivity index (χ1) is 12.0. The SMILES string of the molecule is CCN(CC)CC(=O)Nc1c(C)cccc1C.O=Cc1ccccc1. The number of amides is 1. The fourth-order valence-corrected chi connectivity index (χ4v) is 2.37. The Hall–Kier alpha value is -2.46. The Morgan fingerprint density at radius 3 is 1.96 bits per heavy atom. The van der Waals surface area contributed by atoms with Gasteiger partial charge in [-0.2, -0.15) is 0 Å². The van der Waals surface area contributed by atoms with E-state index in [1.54, 1.807) is 12.1 Å². The summed E-state index contributed by atoms with van der Waals surface area (Å²) in [5.74, 6) is 0.0612. The van der Waals surface area contributed by atoms with E-state index in [4.69, 9.17) is 0 Å². The number of aryl methyl sites for hydroxylation is 2. The van der Waals surface area contributed by atoms with Crippen LogP contribution in [0, 0.1) is 13.8 Å². The second-order valence-electron chi connectivity index (χ2n) is 5.80. The van der Waals surface area contributed by atoms with E-state index < -0.39 is 0 Å². The minimum atomic E-state index is 0.0612. The van der Waals surface area contributed by atoms with Crippen molar-refractivity contribution in [3.05, 3.63) is 65.2 Å². The lowest BCUT2D eigenvalue weighted by Crippen LogP contribution is -2.33. The molecule has 0 radical (unpaired) electrons. The molecule has 0 unspecified atom stereocenters. The first-order valence-electron chi connectivity index (χ1n) is 8.60. The zero-order valence-corrected chi connectivity index (χ0v) is 15.6. The van der Waals surface area contributed by atoms with Gasteiger partial charge in [0.1, 0.15) is 6.29 Å². The smallest absolute Gasteiger partial charge is 0.238 e. The molecule has 0 fully saturated rings. The van der Waals surface area contributed by atoms with Gasteiger partial charge in [-0.15, -0.1) is 0 Å². The van der Waals surface area contributed by atoms with E-state index in [9.17, 15) is 9.59 Å². The van der Waals surface area contributed by atoms with Crippen molar-refractivity contribution in [1.82, 2.24) is 4.90 Å². The number of nitrogens with one attached hydrogen (secondary N) is 1. The van der Waals surface area contributed by atoms with Gasteiger partial charge in [-0.25, -0.2) is 0 Å². The number of rotatable bonds is 6. The van der Waals surface area contributed by atoms with Crippen LogP contribution in [0.25, 0.3) is 0 Å². The molecule has 2 aromatic carbocycles. The summed E-state index contributed by atoms with van der Waals surface area (Å²) in [5.41, 5.74) is 3.90. The number of benzene rings is 2. The molecule has 4 nitrogen and oxygen atoms in total. The summed E-state index contributed by atoms with van der Waals surface area (Å²) >= 11 is 0. The Labute approximate surface area is 150 Å². The first kappa shape index (κ1) is 20.6. The van der Waals surface area contributed by atoms with Crippen LogP contribution < -0.4 is 5.32 Å². The molecule has 0 aliphatic carbocycles. The number of aldehydes is 1. The van der Waals surface area contributed by atoms with Crippen molar-refractivity contribution in [2.75, 3.05) is 25.0 Å². The van der Waals surface area contributed by atoms with Crippen molar-refractivity contribution in [3.8, 4) is 0 Å². The van der Waals surface area contributed by atoms with E-state index in [2.05, 4.69) is 24.1 Å². The molecule has 134 valence electrons. The molecule has 0 aliphatic rings. The van der Waals surface area contributed by atoms with Gasteiger partial charge < -0.3 is 5.32 Å². The van der Waals surface area contributed by atoms with E-state index >= 15 is 0 Å². The lowest BCUT2D eigenvalue weighted by molar-refractivity contribution is -0.117. The molecule has 25 heavy (non-hydrogen) atoms. The molecule has 0 saturated heterocycles. The molecule has 0 saturated carbocycles. The van der Waals surface area contributed by atoms with E-state index in [-0.39, 0.29) is 5.91 Å². The van der Waals surface area contributed by atoms with E-state index in [0.29, 0.717) is 6.54 Å². The van der Waals surface area contributed by atoms with Gasteiger partial charge in [0, 0.05) is 11.3 Å². The maximum absolute atomic E-state index is 11.9. The van der Waals surface area contributed by atoms with Crippen LogP contribution in [0.5, 0.6) is 0 Å². The van der Waals surface area contributed by atoms with Crippen molar-refractivity contribution in [3.63, 3.8) is 0 Å². The molecule has 0 bridgehead atoms. The Morgan fingerprint density at radius 2 is 1.52 bits per heavy atom. The summed E-state index contributed by atoms with van der Waals surface area (Å²) in [6.45, 7) is 10.4. The largest absolute Gasteiger partial charge is 0.324 e. The van der Waals surface area contributed by atoms with Gasteiger partial charge in [0.2, 0.25) is 5.91 Å². The van der Waals surface area contributed by atoms with Crippen LogP contribution in [-0.4, -0.2) is 36.7 Å². The van der Waals surface area contributed by atoms with Crippen molar-refractivity contribution < 1.29 is 9.59 Å². The molecule has 0 aromatic heterocycles. The third-order valence-electron chi connectivity index (χ3n) is 3.94. The maximum atomic E-state index is 11.9. The maximum Gasteiger partial charge on any atom is 0.238 e. The molecule has 1 N–H and O–H groups in total. The molecule has 0 spiro atoms. The highest BCUT2D eigenvalue weighted by Crippen LogP contribution is 2.19. The highest BCUT2D eigenvalue weighted by atomic mass is 16.2. The fourth-order valence-electron chi connectivity index (χ4n) is 2.37. The molecular weight excluding hydrogens is 312 g/mol. The van der Waals surface area contributed by atoms with Crippen LogP contribution >= 0.6 is 0 Å². The average molecular weight is 340 g/mol. The summed E-state index contributed by atoms with van der Waals surface area (Å²) in [6, 6.07) is 15.1. The second-order valence-corrected chi connectivity index (χ2v) is 5.80. The highest BCUT2D eigenvalue weighted by Gasteiger charge is 2.09. The number of para-hydroxylation sites is 1. The third-order valence-corrected chi connectivity index (χ3v) is 3.94. The molecule has 1 amide bonds. The standard InChI is InChI=1S/C14H22N2O.C7H6O/c1-5-16(6-2)10-13(17)15-14-11(3)8-7-9-12(14)4;8-6-7-4-2-1-3-5-7/h7-9H,5-6,10H2,1-4H3,(H,15,17);1-6H. The van der Waals surface area contributed by atoms with Crippen LogP contribution in [0.4, 0.5) is 5.69 Å². The molecule has 2 aromatic rings. The molecular formula is C21H28N2O2. The number of hydrogen-bond acceptors (Lipinski definition) is 3. The monoisotopic (exact) mass is 340 g/mol. The van der Waals surface area contributed by atoms with Crippen molar-refractivity contribution in [2.45, 2.75) is 27.7 Å². The van der Waals surface area contributed by atoms with E-state index in [1.807, 2.05) is 50.2 Å². The van der Waals surface area contributed by atoms with Crippen molar-refractivity contribution in [2.24, 2.45) is 0 Å². The lowest BCUT2D eigenvalue weighted by atomic mass is 10.1. The van der Waals surface area contributed by atoms with Gasteiger partial charge in [0.05, 0.1) is 6.54 Å². The third kappa shape index (κ3) is 7.31. The Kier molecular flexibility index (Phi) is 9.19. The van der Waals surface area contributed by atoms with Crippen molar-refractivity contribution in [1.29, 1.82) is 0 Å². The van der Waals surface area contributed by atoms with Gasteiger partial charge >= 0.3 is 0 Å². The molecule has 4 heteroatoms. The number of hydrogen-bond donors (Lipinski definition) is 1. The summed E-state index contributed by atoms with van der Waals surface area (Å²) < 4.78 is 0. The number of anilines is 1. The predicted octanol–water partition coefficient (Wildman–Crippen LogP) is 4.08. The first-order valence-corrected chi connectivity index (χ1v) is 8.60. The zero-order chi connectivity index (χ0) is 18.7. The van der Waals surface area contributed by atoms with Crippen LogP contribution in [0.2, 0.25) is 0 Å². The summed E-state index contributed by atoms with van der Waals surface area (Å²) in [6.07, 6.45) is 0.833. The highest BCUT2D eigenvalue weighted by molar-refractivity contribution is 5.93. The second kappa shape index (κ2) is 11.2. The van der Waals surface area contributed by atoms with E-state index in [0.717, 1.165) is 41.8 Å². The number of carbonyl (C=O) groups excluding carboxylic acids is 2. The van der Waals surface area contributed by atoms with Gasteiger partial charge in [-0.1, -0.05) is 62.4 Å². The van der Waals surface area contributed by atoms with Gasteiger partial charge in [0.15, 0.2) is 0 Å². The zero-order valence-electron chi connectivity index (χ0n) is 15.6. The Balaban J connectivity index is 0.000000324. The quantitative estimate of drug-likeness (QED) is 0.806. The lowest BCUT2D eigenvalue weighted by Gasteiger charge is -2.18. The minimum absolute atomic E-state index is 0.0612. The molecule has 0 heterocycles. The van der Waals surface area contributed by atoms with Crippen LogP contribution in [0.1, 0.15) is 35.3 Å². The van der Waals surface area contributed by atoms with Crippen molar-refractivity contribution >= 4 is 17.9 Å².